The van der Waals surface area contributed by atoms with Crippen LogP contribution in [0, 0.1) is 0 Å². The third-order valence-electron chi connectivity index (χ3n) is 10.3. The minimum absolute atomic E-state index is 0.0494. The number of anilines is 2. The SMILES string of the molecule is OC[C@H]1O[C@@H](OC[C@H]2O[C@@H](OC[C@H]3O[C@@H](OCCOCC4N(c5ccccc5)CCN4c4ccccc4)[C@H](O)[C@@H](O)[C@@H]3O)[C@H](O)[C@@H](O)[C@@H]2O)[C@H](O)[C@@H](O)[C@@H]1O. The molecule has 2 aromatic carbocycles. The fraction of sp³-hybridized carbons (Fsp3) is 0.667. The van der Waals surface area contributed by atoms with Crippen molar-refractivity contribution in [1.82, 2.24) is 0 Å². The van der Waals surface area contributed by atoms with Crippen molar-refractivity contribution < 1.29 is 84.2 Å². The summed E-state index contributed by atoms with van der Waals surface area (Å²) in [7, 11) is 0. The standard InChI is InChI=1S/C36H52N2O17/c39-15-21-25(40)28(43)32(47)35(53-21)51-17-23-27(42)30(45)33(48)36(55-23)52-16-22-26(41)29(44)31(46)34(54-22)50-14-13-49-18-24-37(19-7-3-1-4-8-19)11-12-38(24)20-9-5-2-6-10-20/h1-10,21-36,39-48H,11-18H2/t21-,22-,23-,25-,26-,27-,28+,29+,30+,31-,32-,33-,34-,35-,36-/m1/s1. The minimum atomic E-state index is -1.81. The lowest BCUT2D eigenvalue weighted by Gasteiger charge is -2.43. The van der Waals surface area contributed by atoms with Gasteiger partial charge in [-0.1, -0.05) is 36.4 Å². The van der Waals surface area contributed by atoms with Gasteiger partial charge in [0.05, 0.1) is 39.6 Å². The highest BCUT2D eigenvalue weighted by Gasteiger charge is 2.49. The molecule has 0 spiro atoms. The van der Waals surface area contributed by atoms with Crippen LogP contribution in [-0.4, -0.2) is 202 Å². The molecule has 0 bridgehead atoms. The average Bonchev–Trinajstić information content (AvgIpc) is 3.63. The van der Waals surface area contributed by atoms with Gasteiger partial charge in [-0.3, -0.25) is 0 Å². The Hall–Kier alpha value is -2.64. The zero-order valence-electron chi connectivity index (χ0n) is 29.9. The number of aliphatic hydroxyl groups excluding tert-OH is 10. The zero-order valence-corrected chi connectivity index (χ0v) is 29.9. The van der Waals surface area contributed by atoms with Gasteiger partial charge in [-0.05, 0) is 24.3 Å². The lowest BCUT2D eigenvalue weighted by Crippen LogP contribution is -2.62. The maximum absolute atomic E-state index is 10.7. The predicted molar refractivity (Wildman–Crippen MR) is 187 cm³/mol. The number of ether oxygens (including phenoxy) is 7. The summed E-state index contributed by atoms with van der Waals surface area (Å²) in [6, 6.07) is 20.0. The fourth-order valence-corrected chi connectivity index (χ4v) is 7.08. The highest BCUT2D eigenvalue weighted by Crippen LogP contribution is 2.30. The molecule has 0 unspecified atom stereocenters. The molecule has 4 fully saturated rings. The van der Waals surface area contributed by atoms with Crippen LogP contribution < -0.4 is 9.80 Å². The molecular formula is C36H52N2O17. The van der Waals surface area contributed by atoms with Gasteiger partial charge >= 0.3 is 0 Å². The quantitative estimate of drug-likeness (QED) is 0.0768. The van der Waals surface area contributed by atoms with Crippen molar-refractivity contribution in [2.75, 3.05) is 62.5 Å². The smallest absolute Gasteiger partial charge is 0.186 e. The summed E-state index contributed by atoms with van der Waals surface area (Å²) in [5.41, 5.74) is 2.11. The van der Waals surface area contributed by atoms with Crippen LogP contribution in [0.25, 0.3) is 0 Å². The Kier molecular flexibility index (Phi) is 14.7. The first-order chi connectivity index (χ1) is 26.5. The number of rotatable bonds is 15. The van der Waals surface area contributed by atoms with E-state index in [2.05, 4.69) is 9.80 Å². The third kappa shape index (κ3) is 9.57. The predicted octanol–water partition coefficient (Wildman–Crippen LogP) is -4.18. The molecule has 4 heterocycles. The highest BCUT2D eigenvalue weighted by atomic mass is 16.7. The van der Waals surface area contributed by atoms with E-state index in [0.717, 1.165) is 24.5 Å². The van der Waals surface area contributed by atoms with E-state index < -0.39 is 112 Å². The largest absolute Gasteiger partial charge is 0.394 e. The molecule has 19 heteroatoms. The van der Waals surface area contributed by atoms with Crippen LogP contribution in [0.5, 0.6) is 0 Å². The van der Waals surface area contributed by atoms with E-state index in [1.54, 1.807) is 0 Å². The molecule has 0 saturated carbocycles. The Labute approximate surface area is 316 Å². The average molecular weight is 785 g/mol. The lowest BCUT2D eigenvalue weighted by atomic mass is 9.98. The Morgan fingerprint density at radius 3 is 1.31 bits per heavy atom. The second-order valence-electron chi connectivity index (χ2n) is 13.9. The summed E-state index contributed by atoms with van der Waals surface area (Å²) in [5.74, 6) is 0. The van der Waals surface area contributed by atoms with Gasteiger partial charge in [0, 0.05) is 24.5 Å². The molecule has 4 aliphatic heterocycles. The van der Waals surface area contributed by atoms with Crippen molar-refractivity contribution in [3.05, 3.63) is 60.7 Å². The summed E-state index contributed by atoms with van der Waals surface area (Å²) >= 11 is 0. The van der Waals surface area contributed by atoms with Crippen LogP contribution >= 0.6 is 0 Å². The molecule has 0 amide bonds. The second kappa shape index (κ2) is 19.2. The summed E-state index contributed by atoms with van der Waals surface area (Å²) in [5, 5.41) is 103. The Morgan fingerprint density at radius 1 is 0.473 bits per heavy atom. The number of hydrogen-bond donors (Lipinski definition) is 10. The number of para-hydroxylation sites is 2. The summed E-state index contributed by atoms with van der Waals surface area (Å²) in [4.78, 5) is 4.51. The molecule has 0 radical (unpaired) electrons. The first kappa shape index (κ1) is 42.0. The van der Waals surface area contributed by atoms with Gasteiger partial charge in [0.2, 0.25) is 0 Å². The Balaban J connectivity index is 0.993. The minimum Gasteiger partial charge on any atom is -0.394 e. The van der Waals surface area contributed by atoms with Gasteiger partial charge in [0.25, 0.3) is 0 Å². The van der Waals surface area contributed by atoms with E-state index in [0.29, 0.717) is 6.61 Å². The molecular weight excluding hydrogens is 732 g/mol. The van der Waals surface area contributed by atoms with Crippen LogP contribution in [0.1, 0.15) is 0 Å². The van der Waals surface area contributed by atoms with Crippen molar-refractivity contribution in [2.24, 2.45) is 0 Å². The van der Waals surface area contributed by atoms with Crippen LogP contribution in [0.15, 0.2) is 60.7 Å². The van der Waals surface area contributed by atoms with Gasteiger partial charge in [-0.15, -0.1) is 0 Å². The van der Waals surface area contributed by atoms with Gasteiger partial charge in [0.1, 0.15) is 79.4 Å². The highest BCUT2D eigenvalue weighted by molar-refractivity contribution is 5.56. The van der Waals surface area contributed by atoms with E-state index in [1.165, 1.54) is 0 Å². The fourth-order valence-electron chi connectivity index (χ4n) is 7.08. The number of aliphatic hydroxyl groups is 10. The topological polar surface area (TPSA) is 273 Å². The van der Waals surface area contributed by atoms with E-state index >= 15 is 0 Å². The molecule has 4 saturated heterocycles. The van der Waals surface area contributed by atoms with Gasteiger partial charge < -0.3 is 94.0 Å². The van der Waals surface area contributed by atoms with Crippen LogP contribution in [-0.2, 0) is 33.2 Å². The van der Waals surface area contributed by atoms with Gasteiger partial charge in [0.15, 0.2) is 18.9 Å². The van der Waals surface area contributed by atoms with Crippen LogP contribution in [0.3, 0.4) is 0 Å². The first-order valence-electron chi connectivity index (χ1n) is 18.3. The molecule has 4 aliphatic rings. The molecule has 19 nitrogen and oxygen atoms in total. The van der Waals surface area contributed by atoms with Gasteiger partial charge in [-0.25, -0.2) is 0 Å². The van der Waals surface area contributed by atoms with E-state index in [1.807, 2.05) is 60.7 Å². The Morgan fingerprint density at radius 2 is 0.873 bits per heavy atom. The normalized spacial score (nSPS) is 38.8. The molecule has 55 heavy (non-hydrogen) atoms. The summed E-state index contributed by atoms with van der Waals surface area (Å²) in [6.07, 6.45) is -24.1. The van der Waals surface area contributed by atoms with Crippen molar-refractivity contribution in [3.63, 3.8) is 0 Å². The maximum atomic E-state index is 10.7. The summed E-state index contributed by atoms with van der Waals surface area (Å²) < 4.78 is 39.4. The molecule has 0 aliphatic carbocycles. The second-order valence-corrected chi connectivity index (χ2v) is 13.9. The van der Waals surface area contributed by atoms with Crippen molar-refractivity contribution in [2.45, 2.75) is 98.3 Å². The number of benzene rings is 2. The molecule has 2 aromatic rings. The third-order valence-corrected chi connectivity index (χ3v) is 10.3. The van der Waals surface area contributed by atoms with Crippen molar-refractivity contribution >= 4 is 11.4 Å². The number of nitrogens with zero attached hydrogens (tertiary/aromatic N) is 2. The number of hydrogen-bond acceptors (Lipinski definition) is 19. The maximum Gasteiger partial charge on any atom is 0.186 e. The summed E-state index contributed by atoms with van der Waals surface area (Å²) in [6.45, 7) is 0.125. The Bertz CT molecular complexity index is 1390. The molecule has 308 valence electrons. The zero-order chi connectivity index (χ0) is 39.2. The molecule has 0 aromatic heterocycles. The van der Waals surface area contributed by atoms with Crippen LogP contribution in [0.2, 0.25) is 0 Å². The van der Waals surface area contributed by atoms with Crippen LogP contribution in [0.4, 0.5) is 11.4 Å². The monoisotopic (exact) mass is 784 g/mol. The molecule has 15 atom stereocenters. The first-order valence-corrected chi connectivity index (χ1v) is 18.3. The van der Waals surface area contributed by atoms with E-state index in [9.17, 15) is 51.1 Å². The van der Waals surface area contributed by atoms with E-state index in [-0.39, 0.29) is 19.4 Å². The molecule has 6 rings (SSSR count). The van der Waals surface area contributed by atoms with Gasteiger partial charge in [-0.2, -0.15) is 0 Å². The van der Waals surface area contributed by atoms with E-state index in [4.69, 9.17) is 33.2 Å². The molecule has 10 N–H and O–H groups in total. The van der Waals surface area contributed by atoms with Crippen molar-refractivity contribution in [3.8, 4) is 0 Å². The van der Waals surface area contributed by atoms with Crippen molar-refractivity contribution in [1.29, 1.82) is 0 Å². The lowest BCUT2D eigenvalue weighted by molar-refractivity contribution is -0.342.